The number of nitrogens with zero attached hydrogens (tertiary/aromatic N) is 1. The van der Waals surface area contributed by atoms with Crippen LogP contribution in [0.2, 0.25) is 0 Å². The summed E-state index contributed by atoms with van der Waals surface area (Å²) in [5.41, 5.74) is 2.89. The second-order valence-corrected chi connectivity index (χ2v) is 5.35. The minimum absolute atomic E-state index is 0.0579. The van der Waals surface area contributed by atoms with Crippen molar-refractivity contribution < 1.29 is 9.53 Å². The van der Waals surface area contributed by atoms with Gasteiger partial charge in [-0.2, -0.15) is 12.6 Å². The number of carbonyl (C=O) groups is 1. The summed E-state index contributed by atoms with van der Waals surface area (Å²) in [4.78, 5) is 11.7. The molecule has 0 aliphatic carbocycles. The predicted octanol–water partition coefficient (Wildman–Crippen LogP) is 1.08. The average Bonchev–Trinajstić information content (AvgIpc) is 2.17. The van der Waals surface area contributed by atoms with Gasteiger partial charge in [0.25, 0.3) is 0 Å². The predicted molar refractivity (Wildman–Crippen MR) is 67.4 cm³/mol. The molecule has 0 aromatic rings. The third-order valence-corrected chi connectivity index (χ3v) is 2.85. The molecule has 1 amide bonds. The Labute approximate surface area is 103 Å². The lowest BCUT2D eigenvalue weighted by Crippen LogP contribution is -2.48. The molecule has 1 fully saturated rings. The van der Waals surface area contributed by atoms with Gasteiger partial charge in [0.15, 0.2) is 0 Å². The van der Waals surface area contributed by atoms with E-state index in [-0.39, 0.29) is 11.2 Å². The van der Waals surface area contributed by atoms with E-state index in [1.165, 1.54) is 0 Å². The molecule has 0 saturated carbocycles. The van der Waals surface area contributed by atoms with E-state index in [0.29, 0.717) is 25.6 Å². The molecule has 1 aliphatic heterocycles. The van der Waals surface area contributed by atoms with Crippen LogP contribution in [0.25, 0.3) is 0 Å². The topological polar surface area (TPSA) is 41.6 Å². The molecule has 5 heteroatoms. The molecule has 1 unspecified atom stereocenters. The minimum Gasteiger partial charge on any atom is -0.379 e. The Bertz CT molecular complexity index is 218. The summed E-state index contributed by atoms with van der Waals surface area (Å²) < 4.78 is 5.21. The van der Waals surface area contributed by atoms with Crippen LogP contribution in [0.3, 0.4) is 0 Å². The molecule has 1 aliphatic rings. The first-order chi connectivity index (χ1) is 7.58. The lowest BCUT2D eigenvalue weighted by atomic mass is 10.1. The quantitative estimate of drug-likeness (QED) is 0.713. The molecule has 0 spiro atoms. The summed E-state index contributed by atoms with van der Waals surface area (Å²) in [6.45, 7) is 7.21. The molecular weight excluding hydrogens is 224 g/mol. The zero-order valence-electron chi connectivity index (χ0n) is 10.1. The van der Waals surface area contributed by atoms with Crippen LogP contribution in [0, 0.1) is 5.92 Å². The summed E-state index contributed by atoms with van der Waals surface area (Å²) in [7, 11) is 0. The molecule has 16 heavy (non-hydrogen) atoms. The summed E-state index contributed by atoms with van der Waals surface area (Å²) in [5, 5.41) is 2.07. The van der Waals surface area contributed by atoms with Crippen molar-refractivity contribution in [3.63, 3.8) is 0 Å². The highest BCUT2D eigenvalue weighted by molar-refractivity contribution is 7.81. The van der Waals surface area contributed by atoms with Crippen molar-refractivity contribution in [2.24, 2.45) is 5.92 Å². The lowest BCUT2D eigenvalue weighted by Gasteiger charge is -2.27. The third-order valence-electron chi connectivity index (χ3n) is 2.46. The molecule has 1 rings (SSSR count). The smallest absolute Gasteiger partial charge is 0.235 e. The van der Waals surface area contributed by atoms with Gasteiger partial charge in [0.2, 0.25) is 5.91 Å². The van der Waals surface area contributed by atoms with E-state index in [0.717, 1.165) is 19.5 Å². The number of hydrogen-bond acceptors (Lipinski definition) is 4. The van der Waals surface area contributed by atoms with E-state index < -0.39 is 0 Å². The van der Waals surface area contributed by atoms with Crippen LogP contribution >= 0.6 is 12.6 Å². The standard InChI is InChI=1S/C11H22N2O2S/c1-9(2)7-10(16)8-11(14)12-13-3-5-15-6-4-13/h9-10,16H,3-8H2,1-2H3,(H,12,14). The van der Waals surface area contributed by atoms with Gasteiger partial charge < -0.3 is 4.74 Å². The van der Waals surface area contributed by atoms with Crippen molar-refractivity contribution >= 4 is 18.5 Å². The summed E-state index contributed by atoms with van der Waals surface area (Å²) in [5.74, 6) is 0.640. The first kappa shape index (κ1) is 13.8. The first-order valence-electron chi connectivity index (χ1n) is 5.88. The number of hydrazine groups is 1. The van der Waals surface area contributed by atoms with E-state index in [9.17, 15) is 4.79 Å². The van der Waals surface area contributed by atoms with E-state index in [2.05, 4.69) is 31.9 Å². The normalized spacial score (nSPS) is 19.8. The molecular formula is C11H22N2O2S. The maximum Gasteiger partial charge on any atom is 0.235 e. The Morgan fingerprint density at radius 2 is 2.06 bits per heavy atom. The molecule has 94 valence electrons. The molecule has 0 bridgehead atoms. The van der Waals surface area contributed by atoms with E-state index in [4.69, 9.17) is 4.74 Å². The van der Waals surface area contributed by atoms with Crippen molar-refractivity contribution in [2.75, 3.05) is 26.3 Å². The summed E-state index contributed by atoms with van der Waals surface area (Å²) >= 11 is 4.42. The van der Waals surface area contributed by atoms with Crippen LogP contribution < -0.4 is 5.43 Å². The van der Waals surface area contributed by atoms with E-state index in [1.807, 2.05) is 5.01 Å². The van der Waals surface area contributed by atoms with E-state index in [1.54, 1.807) is 0 Å². The number of amides is 1. The number of hydrogen-bond donors (Lipinski definition) is 2. The second-order valence-electron chi connectivity index (χ2n) is 4.62. The van der Waals surface area contributed by atoms with Crippen molar-refractivity contribution in [3.05, 3.63) is 0 Å². The van der Waals surface area contributed by atoms with Gasteiger partial charge in [-0.15, -0.1) is 0 Å². The van der Waals surface area contributed by atoms with Gasteiger partial charge >= 0.3 is 0 Å². The number of ether oxygens (including phenoxy) is 1. The highest BCUT2D eigenvalue weighted by Crippen LogP contribution is 2.13. The Hall–Kier alpha value is -0.260. The van der Waals surface area contributed by atoms with E-state index >= 15 is 0 Å². The fraction of sp³-hybridized carbons (Fsp3) is 0.909. The third kappa shape index (κ3) is 5.72. The number of carbonyl (C=O) groups excluding carboxylic acids is 1. The SMILES string of the molecule is CC(C)CC(S)CC(=O)NN1CCOCC1. The molecule has 0 aromatic carbocycles. The maximum atomic E-state index is 11.7. The van der Waals surface area contributed by atoms with Crippen molar-refractivity contribution in [1.29, 1.82) is 0 Å². The highest BCUT2D eigenvalue weighted by Gasteiger charge is 2.16. The molecule has 1 atom stereocenters. The molecule has 1 N–H and O–H groups in total. The Morgan fingerprint density at radius 3 is 2.62 bits per heavy atom. The van der Waals surface area contributed by atoms with Gasteiger partial charge in [-0.05, 0) is 12.3 Å². The zero-order chi connectivity index (χ0) is 12.0. The molecule has 0 radical (unpaired) electrons. The number of thiol groups is 1. The molecule has 4 nitrogen and oxygen atoms in total. The van der Waals surface area contributed by atoms with Gasteiger partial charge in [-0.3, -0.25) is 10.2 Å². The average molecular weight is 246 g/mol. The Balaban J connectivity index is 2.18. The maximum absolute atomic E-state index is 11.7. The van der Waals surface area contributed by atoms with Crippen molar-refractivity contribution in [1.82, 2.24) is 10.4 Å². The zero-order valence-corrected chi connectivity index (χ0v) is 11.0. The fourth-order valence-corrected chi connectivity index (χ4v) is 2.33. The van der Waals surface area contributed by atoms with Crippen LogP contribution in [0.1, 0.15) is 26.7 Å². The van der Waals surface area contributed by atoms with Crippen LogP contribution in [-0.2, 0) is 9.53 Å². The highest BCUT2D eigenvalue weighted by atomic mass is 32.1. The van der Waals surface area contributed by atoms with Crippen molar-refractivity contribution in [2.45, 2.75) is 31.9 Å². The fourth-order valence-electron chi connectivity index (χ4n) is 1.74. The van der Waals surface area contributed by atoms with Crippen LogP contribution in [-0.4, -0.2) is 42.5 Å². The van der Waals surface area contributed by atoms with Crippen molar-refractivity contribution in [3.8, 4) is 0 Å². The van der Waals surface area contributed by atoms with Gasteiger partial charge in [0.05, 0.1) is 13.2 Å². The number of morpholine rings is 1. The van der Waals surface area contributed by atoms with Gasteiger partial charge in [-0.1, -0.05) is 13.8 Å². The first-order valence-corrected chi connectivity index (χ1v) is 6.40. The monoisotopic (exact) mass is 246 g/mol. The van der Waals surface area contributed by atoms with Crippen LogP contribution in [0.4, 0.5) is 0 Å². The second kappa shape index (κ2) is 7.14. The lowest BCUT2D eigenvalue weighted by molar-refractivity contribution is -0.128. The number of rotatable bonds is 5. The summed E-state index contributed by atoms with van der Waals surface area (Å²) in [6.07, 6.45) is 1.46. The van der Waals surface area contributed by atoms with Gasteiger partial charge in [0.1, 0.15) is 0 Å². The summed E-state index contributed by atoms with van der Waals surface area (Å²) in [6, 6.07) is 0. The largest absolute Gasteiger partial charge is 0.379 e. The van der Waals surface area contributed by atoms with Gasteiger partial charge in [-0.25, -0.2) is 5.01 Å². The Morgan fingerprint density at radius 1 is 1.44 bits per heavy atom. The molecule has 1 saturated heterocycles. The minimum atomic E-state index is 0.0579. The molecule has 0 aromatic heterocycles. The van der Waals surface area contributed by atoms with Crippen LogP contribution in [0.15, 0.2) is 0 Å². The van der Waals surface area contributed by atoms with Gasteiger partial charge in [0, 0.05) is 24.8 Å². The Kier molecular flexibility index (Phi) is 6.16. The molecule has 1 heterocycles. The van der Waals surface area contributed by atoms with Crippen LogP contribution in [0.5, 0.6) is 0 Å². The number of nitrogens with one attached hydrogen (secondary N) is 1.